The van der Waals surface area contributed by atoms with Crippen LogP contribution in [-0.2, 0) is 6.42 Å². The molecule has 1 atom stereocenters. The third kappa shape index (κ3) is 4.24. The molecule has 3 rings (SSSR count). The first-order chi connectivity index (χ1) is 10.3. The molecule has 1 fully saturated rings. The number of hydrogen-bond acceptors (Lipinski definition) is 4. The molecule has 5 heteroatoms. The van der Waals surface area contributed by atoms with E-state index in [4.69, 9.17) is 4.98 Å². The molecule has 21 heavy (non-hydrogen) atoms. The van der Waals surface area contributed by atoms with E-state index in [1.54, 1.807) is 11.3 Å². The molecule has 1 unspecified atom stereocenters. The summed E-state index contributed by atoms with van der Waals surface area (Å²) in [5, 5.41) is 6.62. The zero-order valence-corrected chi connectivity index (χ0v) is 14.4. The van der Waals surface area contributed by atoms with Crippen molar-refractivity contribution in [3.05, 3.63) is 23.5 Å². The highest BCUT2D eigenvalue weighted by Gasteiger charge is 2.17. The van der Waals surface area contributed by atoms with Gasteiger partial charge in [-0.15, -0.1) is 11.3 Å². The number of thiazole rings is 1. The smallest absolute Gasteiger partial charge is 0.193 e. The van der Waals surface area contributed by atoms with Gasteiger partial charge >= 0.3 is 0 Å². The fraction of sp³-hybridized carbons (Fsp3) is 0.688. The number of nitrogens with one attached hydrogen (secondary N) is 1. The number of hydrogen-bond donors (Lipinski definition) is 1. The van der Waals surface area contributed by atoms with Crippen LogP contribution in [0.25, 0.3) is 4.96 Å². The Morgan fingerprint density at radius 1 is 1.43 bits per heavy atom. The predicted molar refractivity (Wildman–Crippen MR) is 93.6 cm³/mol. The molecule has 0 radical (unpaired) electrons. The molecule has 0 amide bonds. The summed E-state index contributed by atoms with van der Waals surface area (Å²) < 4.78 is 2.14. The Morgan fingerprint density at radius 2 is 2.29 bits per heavy atom. The van der Waals surface area contributed by atoms with Crippen LogP contribution in [0.4, 0.5) is 0 Å². The average molecular weight is 324 g/mol. The van der Waals surface area contributed by atoms with Gasteiger partial charge in [-0.05, 0) is 19.4 Å². The molecule has 0 spiro atoms. The topological polar surface area (TPSA) is 29.3 Å². The average Bonchev–Trinajstić information content (AvgIpc) is 3.07. The van der Waals surface area contributed by atoms with Crippen LogP contribution in [0.5, 0.6) is 0 Å². The summed E-state index contributed by atoms with van der Waals surface area (Å²) in [5.74, 6) is 1.21. The molecule has 1 aliphatic rings. The summed E-state index contributed by atoms with van der Waals surface area (Å²) in [7, 11) is 0. The van der Waals surface area contributed by atoms with Gasteiger partial charge in [-0.1, -0.05) is 26.2 Å². The van der Waals surface area contributed by atoms with Gasteiger partial charge in [0, 0.05) is 41.2 Å². The predicted octanol–water partition coefficient (Wildman–Crippen LogP) is 3.98. The van der Waals surface area contributed by atoms with Gasteiger partial charge in [-0.25, -0.2) is 4.98 Å². The quantitative estimate of drug-likeness (QED) is 0.835. The lowest BCUT2D eigenvalue weighted by Gasteiger charge is -2.24. The van der Waals surface area contributed by atoms with E-state index in [0.29, 0.717) is 6.04 Å². The van der Waals surface area contributed by atoms with Crippen molar-refractivity contribution >= 4 is 28.1 Å². The Labute approximate surface area is 135 Å². The highest BCUT2D eigenvalue weighted by Crippen LogP contribution is 2.29. The molecule has 1 N–H and O–H groups in total. The lowest BCUT2D eigenvalue weighted by Crippen LogP contribution is -2.34. The monoisotopic (exact) mass is 323 g/mol. The number of imidazole rings is 1. The van der Waals surface area contributed by atoms with E-state index in [2.05, 4.69) is 46.2 Å². The molecule has 0 aliphatic heterocycles. The number of likely N-dealkylation sites (N-methyl/N-ethyl adjacent to an activating group) is 1. The molecule has 1 aliphatic carbocycles. The van der Waals surface area contributed by atoms with E-state index in [9.17, 15) is 0 Å². The van der Waals surface area contributed by atoms with Crippen molar-refractivity contribution in [3.8, 4) is 0 Å². The Kier molecular flexibility index (Phi) is 5.61. The normalized spacial score (nSPS) is 18.3. The summed E-state index contributed by atoms with van der Waals surface area (Å²) >= 11 is 3.89. The summed E-state index contributed by atoms with van der Waals surface area (Å²) in [6, 6.07) is 0.548. The maximum absolute atomic E-state index is 4.72. The van der Waals surface area contributed by atoms with Crippen LogP contribution in [-0.4, -0.2) is 33.0 Å². The van der Waals surface area contributed by atoms with E-state index in [1.165, 1.54) is 43.6 Å². The molecular formula is C16H25N3S2. The maximum atomic E-state index is 4.72. The highest BCUT2D eigenvalue weighted by molar-refractivity contribution is 7.99. The first-order valence-electron chi connectivity index (χ1n) is 8.11. The van der Waals surface area contributed by atoms with Crippen LogP contribution >= 0.6 is 23.1 Å². The molecule has 1 saturated carbocycles. The van der Waals surface area contributed by atoms with Crippen LogP contribution in [0.1, 0.15) is 44.7 Å². The Hall–Kier alpha value is -0.520. The van der Waals surface area contributed by atoms with Crippen LogP contribution in [0.2, 0.25) is 0 Å². The second-order valence-corrected chi connectivity index (χ2v) is 8.08. The molecule has 0 bridgehead atoms. The summed E-state index contributed by atoms with van der Waals surface area (Å²) in [5.41, 5.74) is 1.22. The van der Waals surface area contributed by atoms with Gasteiger partial charge in [-0.2, -0.15) is 11.8 Å². The van der Waals surface area contributed by atoms with Crippen LogP contribution in [0, 0.1) is 0 Å². The number of fused-ring (bicyclic) bond motifs is 1. The molecule has 0 aromatic carbocycles. The van der Waals surface area contributed by atoms with Gasteiger partial charge in [0.2, 0.25) is 0 Å². The van der Waals surface area contributed by atoms with Crippen molar-refractivity contribution in [2.45, 2.75) is 56.7 Å². The lowest BCUT2D eigenvalue weighted by molar-refractivity contribution is 0.512. The number of thioether (sulfide) groups is 1. The van der Waals surface area contributed by atoms with Crippen molar-refractivity contribution in [1.29, 1.82) is 0 Å². The molecular weight excluding hydrogens is 298 g/mol. The van der Waals surface area contributed by atoms with Crippen LogP contribution < -0.4 is 5.32 Å². The maximum Gasteiger partial charge on any atom is 0.193 e. The largest absolute Gasteiger partial charge is 0.313 e. The van der Waals surface area contributed by atoms with E-state index in [1.807, 2.05) is 0 Å². The van der Waals surface area contributed by atoms with Crippen molar-refractivity contribution < 1.29 is 0 Å². The third-order valence-electron chi connectivity index (χ3n) is 4.18. The van der Waals surface area contributed by atoms with E-state index < -0.39 is 0 Å². The third-order valence-corrected chi connectivity index (χ3v) is 6.49. The molecule has 2 aromatic rings. The van der Waals surface area contributed by atoms with Gasteiger partial charge in [0.15, 0.2) is 4.96 Å². The number of aromatic nitrogens is 2. The molecule has 0 saturated heterocycles. The standard InChI is InChI=1S/C16H25N3S2/c1-2-17-14(12-21-15-6-4-3-5-7-15)10-13-11-19-8-9-20-16(19)18-13/h8-9,11,14-15,17H,2-7,10,12H2,1H3. The highest BCUT2D eigenvalue weighted by atomic mass is 32.2. The second kappa shape index (κ2) is 7.65. The minimum atomic E-state index is 0.548. The SMILES string of the molecule is CCNC(CSC1CCCCC1)Cc1cn2ccsc2n1. The van der Waals surface area contributed by atoms with Crippen molar-refractivity contribution in [2.24, 2.45) is 0 Å². The van der Waals surface area contributed by atoms with Crippen LogP contribution in [0.15, 0.2) is 17.8 Å². The van der Waals surface area contributed by atoms with E-state index >= 15 is 0 Å². The summed E-state index contributed by atoms with van der Waals surface area (Å²) in [6.45, 7) is 3.24. The minimum absolute atomic E-state index is 0.548. The van der Waals surface area contributed by atoms with Crippen LogP contribution in [0.3, 0.4) is 0 Å². The number of rotatable bonds is 7. The molecule has 2 heterocycles. The summed E-state index contributed by atoms with van der Waals surface area (Å²) in [6.07, 6.45) is 12.5. The Balaban J connectivity index is 1.54. The zero-order chi connectivity index (χ0) is 14.5. The van der Waals surface area contributed by atoms with Crippen molar-refractivity contribution in [2.75, 3.05) is 12.3 Å². The first-order valence-corrected chi connectivity index (χ1v) is 10.0. The van der Waals surface area contributed by atoms with Crippen molar-refractivity contribution in [3.63, 3.8) is 0 Å². The van der Waals surface area contributed by atoms with E-state index in [0.717, 1.165) is 23.2 Å². The Morgan fingerprint density at radius 3 is 3.05 bits per heavy atom. The van der Waals surface area contributed by atoms with Gasteiger partial charge in [0.1, 0.15) is 0 Å². The lowest BCUT2D eigenvalue weighted by atomic mass is 10.0. The molecule has 116 valence electrons. The van der Waals surface area contributed by atoms with Gasteiger partial charge in [0.05, 0.1) is 5.69 Å². The first kappa shape index (κ1) is 15.4. The fourth-order valence-corrected chi connectivity index (χ4v) is 5.22. The second-order valence-electron chi connectivity index (χ2n) is 5.88. The Bertz CT molecular complexity index is 514. The van der Waals surface area contributed by atoms with Gasteiger partial charge < -0.3 is 5.32 Å². The molecule has 3 nitrogen and oxygen atoms in total. The van der Waals surface area contributed by atoms with Gasteiger partial charge in [-0.3, -0.25) is 4.40 Å². The fourth-order valence-electron chi connectivity index (χ4n) is 3.09. The zero-order valence-electron chi connectivity index (χ0n) is 12.8. The minimum Gasteiger partial charge on any atom is -0.313 e. The summed E-state index contributed by atoms with van der Waals surface area (Å²) in [4.78, 5) is 5.83. The van der Waals surface area contributed by atoms with Crippen molar-refractivity contribution in [1.82, 2.24) is 14.7 Å². The number of nitrogens with zero attached hydrogens (tertiary/aromatic N) is 2. The van der Waals surface area contributed by atoms with Gasteiger partial charge in [0.25, 0.3) is 0 Å². The molecule has 2 aromatic heterocycles. The van der Waals surface area contributed by atoms with E-state index in [-0.39, 0.29) is 0 Å².